The Kier molecular flexibility index (Phi) is 4.50. The highest BCUT2D eigenvalue weighted by Gasteiger charge is 2.14. The number of carboxylic acid groups (broad SMARTS) is 1. The Morgan fingerprint density at radius 1 is 1.09 bits per heavy atom. The van der Waals surface area contributed by atoms with E-state index in [1.807, 2.05) is 19.9 Å². The van der Waals surface area contributed by atoms with Gasteiger partial charge in [-0.3, -0.25) is 4.79 Å². The molecule has 0 aliphatic heterocycles. The number of halogens is 1. The zero-order valence-electron chi connectivity index (χ0n) is 12.9. The standard InChI is InChI=1S/C18H19FO3/c1-10-6-11(2)17(15(20)7-10)14-8-12(3)18(19)13(9-14)4-5-16(21)22/h6-9,20H,4-5H2,1-3H3,(H,21,22). The molecule has 0 saturated carbocycles. The van der Waals surface area contributed by atoms with Crippen molar-refractivity contribution in [1.29, 1.82) is 0 Å². The number of phenolic OH excluding ortho intramolecular Hbond substituents is 1. The van der Waals surface area contributed by atoms with Crippen molar-refractivity contribution in [2.45, 2.75) is 33.6 Å². The Morgan fingerprint density at radius 3 is 2.36 bits per heavy atom. The van der Waals surface area contributed by atoms with Gasteiger partial charge >= 0.3 is 5.97 Å². The van der Waals surface area contributed by atoms with E-state index < -0.39 is 5.97 Å². The van der Waals surface area contributed by atoms with Crippen molar-refractivity contribution in [3.8, 4) is 16.9 Å². The third-order valence-corrected chi connectivity index (χ3v) is 3.69. The summed E-state index contributed by atoms with van der Waals surface area (Å²) in [5.74, 6) is -1.20. The Labute approximate surface area is 129 Å². The van der Waals surface area contributed by atoms with Gasteiger partial charge in [-0.15, -0.1) is 0 Å². The molecule has 0 unspecified atom stereocenters. The Morgan fingerprint density at radius 2 is 1.77 bits per heavy atom. The number of hydrogen-bond acceptors (Lipinski definition) is 2. The first-order chi connectivity index (χ1) is 10.3. The second-order valence-electron chi connectivity index (χ2n) is 5.64. The van der Waals surface area contributed by atoms with E-state index >= 15 is 0 Å². The molecule has 2 aromatic carbocycles. The fraction of sp³-hybridized carbons (Fsp3) is 0.278. The van der Waals surface area contributed by atoms with Gasteiger partial charge in [-0.25, -0.2) is 4.39 Å². The molecular weight excluding hydrogens is 283 g/mol. The van der Waals surface area contributed by atoms with Crippen LogP contribution in [-0.4, -0.2) is 16.2 Å². The van der Waals surface area contributed by atoms with Gasteiger partial charge in [0.25, 0.3) is 0 Å². The minimum absolute atomic E-state index is 0.126. The van der Waals surface area contributed by atoms with Crippen molar-refractivity contribution in [2.75, 3.05) is 0 Å². The normalized spacial score (nSPS) is 10.7. The van der Waals surface area contributed by atoms with Gasteiger partial charge in [-0.1, -0.05) is 6.07 Å². The summed E-state index contributed by atoms with van der Waals surface area (Å²) < 4.78 is 14.2. The second-order valence-corrected chi connectivity index (χ2v) is 5.64. The molecular formula is C18H19FO3. The number of benzene rings is 2. The number of hydrogen-bond donors (Lipinski definition) is 2. The summed E-state index contributed by atoms with van der Waals surface area (Å²) >= 11 is 0. The lowest BCUT2D eigenvalue weighted by molar-refractivity contribution is -0.136. The van der Waals surface area contributed by atoms with E-state index in [4.69, 9.17) is 5.11 Å². The van der Waals surface area contributed by atoms with Crippen LogP contribution in [0.1, 0.15) is 28.7 Å². The lowest BCUT2D eigenvalue weighted by Crippen LogP contribution is -2.01. The summed E-state index contributed by atoms with van der Waals surface area (Å²) in [6.07, 6.45) is 0.000191. The summed E-state index contributed by atoms with van der Waals surface area (Å²) in [7, 11) is 0. The number of phenols is 1. The van der Waals surface area contributed by atoms with Crippen molar-refractivity contribution in [3.05, 3.63) is 52.3 Å². The van der Waals surface area contributed by atoms with Gasteiger partial charge in [0.15, 0.2) is 0 Å². The van der Waals surface area contributed by atoms with Crippen LogP contribution >= 0.6 is 0 Å². The molecule has 116 valence electrons. The van der Waals surface area contributed by atoms with E-state index in [9.17, 15) is 14.3 Å². The van der Waals surface area contributed by atoms with Gasteiger partial charge in [-0.2, -0.15) is 0 Å². The van der Waals surface area contributed by atoms with Crippen molar-refractivity contribution >= 4 is 5.97 Å². The molecule has 22 heavy (non-hydrogen) atoms. The molecule has 0 heterocycles. The van der Waals surface area contributed by atoms with Gasteiger partial charge in [-0.05, 0) is 73.2 Å². The lowest BCUT2D eigenvalue weighted by Gasteiger charge is -2.14. The molecule has 4 heteroatoms. The van der Waals surface area contributed by atoms with Crippen LogP contribution in [0.15, 0.2) is 24.3 Å². The van der Waals surface area contributed by atoms with Crippen LogP contribution in [0.25, 0.3) is 11.1 Å². The number of aliphatic carboxylic acids is 1. The van der Waals surface area contributed by atoms with Crippen LogP contribution < -0.4 is 0 Å². The number of aromatic hydroxyl groups is 1. The molecule has 0 amide bonds. The maximum Gasteiger partial charge on any atom is 0.303 e. The van der Waals surface area contributed by atoms with Gasteiger partial charge < -0.3 is 10.2 Å². The zero-order valence-corrected chi connectivity index (χ0v) is 12.9. The molecule has 0 spiro atoms. The molecule has 2 rings (SSSR count). The molecule has 0 aliphatic carbocycles. The van der Waals surface area contributed by atoms with E-state index in [1.54, 1.807) is 25.1 Å². The summed E-state index contributed by atoms with van der Waals surface area (Å²) in [5, 5.41) is 19.0. The minimum atomic E-state index is -0.961. The molecule has 2 aromatic rings. The first-order valence-electron chi connectivity index (χ1n) is 7.11. The van der Waals surface area contributed by atoms with E-state index in [2.05, 4.69) is 0 Å². The van der Waals surface area contributed by atoms with Crippen LogP contribution in [-0.2, 0) is 11.2 Å². The Balaban J connectivity index is 2.55. The molecule has 0 atom stereocenters. The predicted molar refractivity (Wildman–Crippen MR) is 83.7 cm³/mol. The van der Waals surface area contributed by atoms with Crippen LogP contribution in [0.2, 0.25) is 0 Å². The van der Waals surface area contributed by atoms with Crippen LogP contribution in [0, 0.1) is 26.6 Å². The number of rotatable bonds is 4. The molecule has 0 saturated heterocycles. The number of aryl methyl sites for hydroxylation is 4. The van der Waals surface area contributed by atoms with Crippen molar-refractivity contribution in [2.24, 2.45) is 0 Å². The average molecular weight is 302 g/mol. The molecule has 0 aromatic heterocycles. The summed E-state index contributed by atoms with van der Waals surface area (Å²) in [6.45, 7) is 5.42. The third-order valence-electron chi connectivity index (χ3n) is 3.69. The Hall–Kier alpha value is -2.36. The monoisotopic (exact) mass is 302 g/mol. The molecule has 0 radical (unpaired) electrons. The summed E-state index contributed by atoms with van der Waals surface area (Å²) in [4.78, 5) is 10.7. The summed E-state index contributed by atoms with van der Waals surface area (Å²) in [6, 6.07) is 6.92. The smallest absolute Gasteiger partial charge is 0.303 e. The highest BCUT2D eigenvalue weighted by Crippen LogP contribution is 2.35. The van der Waals surface area contributed by atoms with E-state index in [0.717, 1.165) is 11.1 Å². The van der Waals surface area contributed by atoms with Gasteiger partial charge in [0.05, 0.1) is 0 Å². The van der Waals surface area contributed by atoms with Crippen LogP contribution in [0.3, 0.4) is 0 Å². The average Bonchev–Trinajstić information content (AvgIpc) is 2.39. The second kappa shape index (κ2) is 6.18. The topological polar surface area (TPSA) is 57.5 Å². The summed E-state index contributed by atoms with van der Waals surface area (Å²) in [5.41, 5.74) is 4.00. The van der Waals surface area contributed by atoms with Crippen molar-refractivity contribution < 1.29 is 19.4 Å². The minimum Gasteiger partial charge on any atom is -0.507 e. The van der Waals surface area contributed by atoms with Gasteiger partial charge in [0, 0.05) is 12.0 Å². The molecule has 0 fully saturated rings. The molecule has 0 bridgehead atoms. The fourth-order valence-electron chi connectivity index (χ4n) is 2.73. The molecule has 3 nitrogen and oxygen atoms in total. The van der Waals surface area contributed by atoms with Crippen molar-refractivity contribution in [1.82, 2.24) is 0 Å². The highest BCUT2D eigenvalue weighted by molar-refractivity contribution is 5.75. The van der Waals surface area contributed by atoms with Gasteiger partial charge in [0.2, 0.25) is 0 Å². The maximum atomic E-state index is 14.2. The van der Waals surface area contributed by atoms with Crippen LogP contribution in [0.4, 0.5) is 4.39 Å². The lowest BCUT2D eigenvalue weighted by atomic mass is 9.93. The van der Waals surface area contributed by atoms with Crippen LogP contribution in [0.5, 0.6) is 5.75 Å². The largest absolute Gasteiger partial charge is 0.507 e. The number of carboxylic acids is 1. The number of carbonyl (C=O) groups is 1. The van der Waals surface area contributed by atoms with E-state index in [1.165, 1.54) is 0 Å². The first kappa shape index (κ1) is 16.0. The SMILES string of the molecule is Cc1cc(C)c(-c2cc(C)c(F)c(CCC(=O)O)c2)c(O)c1. The quantitative estimate of drug-likeness (QED) is 0.892. The van der Waals surface area contributed by atoms with Gasteiger partial charge in [0.1, 0.15) is 11.6 Å². The van der Waals surface area contributed by atoms with E-state index in [-0.39, 0.29) is 24.4 Å². The highest BCUT2D eigenvalue weighted by atomic mass is 19.1. The Bertz CT molecular complexity index is 712. The van der Waals surface area contributed by atoms with E-state index in [0.29, 0.717) is 22.3 Å². The predicted octanol–water partition coefficient (Wildman–Crippen LogP) is 4.14. The third kappa shape index (κ3) is 3.27. The fourth-order valence-corrected chi connectivity index (χ4v) is 2.73. The van der Waals surface area contributed by atoms with Crippen molar-refractivity contribution in [3.63, 3.8) is 0 Å². The molecule has 2 N–H and O–H groups in total. The first-order valence-corrected chi connectivity index (χ1v) is 7.11. The maximum absolute atomic E-state index is 14.2. The molecule has 0 aliphatic rings. The zero-order chi connectivity index (χ0) is 16.4.